The molecule has 2 aromatic carbocycles. The molecule has 0 aliphatic heterocycles. The lowest BCUT2D eigenvalue weighted by Gasteiger charge is -2.26. The molecule has 2 heterocycles. The maximum Gasteiger partial charge on any atom is 0.410 e. The summed E-state index contributed by atoms with van der Waals surface area (Å²) < 4.78 is 17.2. The van der Waals surface area contributed by atoms with Gasteiger partial charge >= 0.3 is 12.2 Å². The number of imidazole rings is 1. The van der Waals surface area contributed by atoms with Gasteiger partial charge in [-0.1, -0.05) is 25.1 Å². The third-order valence-corrected chi connectivity index (χ3v) is 6.73. The number of fused-ring (bicyclic) bond motifs is 1. The van der Waals surface area contributed by atoms with Gasteiger partial charge in [-0.25, -0.2) is 19.6 Å². The molecule has 0 atom stereocenters. The molecule has 0 saturated heterocycles. The second-order valence-electron chi connectivity index (χ2n) is 13.3. The predicted molar refractivity (Wildman–Crippen MR) is 184 cm³/mol. The Morgan fingerprint density at radius 1 is 0.979 bits per heavy atom. The van der Waals surface area contributed by atoms with Gasteiger partial charge in [-0.15, -0.1) is 12.3 Å². The molecule has 4 aromatic rings. The van der Waals surface area contributed by atoms with Gasteiger partial charge in [0.05, 0.1) is 23.8 Å². The van der Waals surface area contributed by atoms with Crippen LogP contribution in [-0.4, -0.2) is 73.7 Å². The first-order valence-electron chi connectivity index (χ1n) is 15.9. The number of rotatable bonds is 11. The number of H-pyrrole nitrogens is 1. The Hall–Kier alpha value is -5.31. The Bertz CT molecular complexity index is 1790. The number of para-hydroxylation sites is 1. The zero-order valence-electron chi connectivity index (χ0n) is 28.7. The fraction of sp³-hybridized carbons (Fsp3) is 0.417. The van der Waals surface area contributed by atoms with E-state index in [1.807, 2.05) is 52.0 Å². The van der Waals surface area contributed by atoms with Gasteiger partial charge in [0.1, 0.15) is 29.1 Å². The van der Waals surface area contributed by atoms with Gasteiger partial charge in [-0.3, -0.25) is 9.69 Å². The van der Waals surface area contributed by atoms with Crippen molar-refractivity contribution < 1.29 is 28.3 Å². The molecule has 3 amide bonds. The van der Waals surface area contributed by atoms with Crippen molar-refractivity contribution in [2.45, 2.75) is 79.1 Å². The number of nitrogens with one attached hydrogen (secondary N) is 2. The number of oxazole rings is 1. The molecule has 0 radical (unpaired) electrons. The van der Waals surface area contributed by atoms with Crippen molar-refractivity contribution in [1.29, 1.82) is 0 Å². The number of aromatic amines is 1. The molecular weight excluding hydrogens is 612 g/mol. The molecule has 0 saturated carbocycles. The Morgan fingerprint density at radius 2 is 1.67 bits per heavy atom. The van der Waals surface area contributed by atoms with Crippen molar-refractivity contribution >= 4 is 34.8 Å². The average molecular weight is 657 g/mol. The van der Waals surface area contributed by atoms with Gasteiger partial charge in [0.25, 0.3) is 0 Å². The summed E-state index contributed by atoms with van der Waals surface area (Å²) in [6, 6.07) is 12.8. The third-order valence-electron chi connectivity index (χ3n) is 6.73. The number of carbonyl (C=O) groups excluding carboxylic acids is 3. The van der Waals surface area contributed by atoms with Crippen molar-refractivity contribution in [3.63, 3.8) is 0 Å². The van der Waals surface area contributed by atoms with Crippen LogP contribution in [0.1, 0.15) is 67.1 Å². The molecule has 0 aliphatic carbocycles. The largest absolute Gasteiger partial charge is 0.444 e. The van der Waals surface area contributed by atoms with Gasteiger partial charge < -0.3 is 29.1 Å². The number of anilines is 1. The fourth-order valence-corrected chi connectivity index (χ4v) is 4.76. The number of benzene rings is 2. The number of amides is 3. The molecule has 0 bridgehead atoms. The monoisotopic (exact) mass is 656 g/mol. The van der Waals surface area contributed by atoms with Crippen LogP contribution in [-0.2, 0) is 20.8 Å². The molecular formula is C36H44N6O6. The van der Waals surface area contributed by atoms with E-state index >= 15 is 0 Å². The summed E-state index contributed by atoms with van der Waals surface area (Å²) in [6.45, 7) is 13.5. The highest BCUT2D eigenvalue weighted by molar-refractivity contribution is 5.94. The molecule has 12 heteroatoms. The summed E-state index contributed by atoms with van der Waals surface area (Å²) in [5.74, 6) is 3.54. The zero-order chi connectivity index (χ0) is 35.1. The van der Waals surface area contributed by atoms with E-state index in [4.69, 9.17) is 25.3 Å². The molecule has 0 aliphatic rings. The Morgan fingerprint density at radius 3 is 2.33 bits per heavy atom. The third kappa shape index (κ3) is 9.84. The Kier molecular flexibility index (Phi) is 11.2. The zero-order valence-corrected chi connectivity index (χ0v) is 28.7. The number of nitrogens with zero attached hydrogens (tertiary/aromatic N) is 4. The quantitative estimate of drug-likeness (QED) is 0.161. The number of terminal acetylenes is 1. The number of aromatic nitrogens is 3. The van der Waals surface area contributed by atoms with Crippen molar-refractivity contribution in [3.05, 3.63) is 54.5 Å². The van der Waals surface area contributed by atoms with Crippen LogP contribution in [0.25, 0.3) is 33.8 Å². The Balaban J connectivity index is 1.50. The van der Waals surface area contributed by atoms with Gasteiger partial charge in [0, 0.05) is 30.8 Å². The molecule has 48 heavy (non-hydrogen) atoms. The fourth-order valence-electron chi connectivity index (χ4n) is 4.76. The number of ether oxygens (including phenoxy) is 2. The number of hydrogen-bond acceptors (Lipinski definition) is 8. The van der Waals surface area contributed by atoms with E-state index in [9.17, 15) is 14.4 Å². The van der Waals surface area contributed by atoms with Gasteiger partial charge in [0.2, 0.25) is 11.8 Å². The maximum atomic E-state index is 12.9. The lowest BCUT2D eigenvalue weighted by Crippen LogP contribution is -2.41. The minimum atomic E-state index is -0.713. The molecule has 4 rings (SSSR count). The van der Waals surface area contributed by atoms with Crippen LogP contribution in [0.15, 0.2) is 53.1 Å². The van der Waals surface area contributed by atoms with E-state index in [-0.39, 0.29) is 26.1 Å². The first-order valence-corrected chi connectivity index (χ1v) is 15.9. The molecule has 0 unspecified atom stereocenters. The summed E-state index contributed by atoms with van der Waals surface area (Å²) in [5.41, 5.74) is 1.98. The normalized spacial score (nSPS) is 11.5. The minimum Gasteiger partial charge on any atom is -0.444 e. The molecule has 2 N–H and O–H groups in total. The summed E-state index contributed by atoms with van der Waals surface area (Å²) in [7, 11) is 0. The Labute approximate surface area is 281 Å². The summed E-state index contributed by atoms with van der Waals surface area (Å²) in [5, 5.41) is 2.83. The number of carbonyl (C=O) groups is 3. The average Bonchev–Trinajstić information content (AvgIpc) is 3.65. The highest BCUT2D eigenvalue weighted by Gasteiger charge is 2.25. The first-order chi connectivity index (χ1) is 22.7. The maximum absolute atomic E-state index is 12.9. The predicted octanol–water partition coefficient (Wildman–Crippen LogP) is 7.23. The second-order valence-corrected chi connectivity index (χ2v) is 13.3. The smallest absolute Gasteiger partial charge is 0.410 e. The molecule has 254 valence electrons. The van der Waals surface area contributed by atoms with E-state index < -0.39 is 29.3 Å². The first kappa shape index (κ1) is 35.5. The van der Waals surface area contributed by atoms with Crippen molar-refractivity contribution in [3.8, 4) is 35.1 Å². The summed E-state index contributed by atoms with van der Waals surface area (Å²) >= 11 is 0. The van der Waals surface area contributed by atoms with Crippen LogP contribution in [0.3, 0.4) is 0 Å². The lowest BCUT2D eigenvalue weighted by molar-refractivity contribution is -0.117. The van der Waals surface area contributed by atoms with E-state index in [1.165, 1.54) is 4.90 Å². The van der Waals surface area contributed by atoms with E-state index in [2.05, 4.69) is 21.2 Å². The van der Waals surface area contributed by atoms with Crippen molar-refractivity contribution in [2.24, 2.45) is 0 Å². The lowest BCUT2D eigenvalue weighted by atomic mass is 10.1. The van der Waals surface area contributed by atoms with E-state index in [0.29, 0.717) is 46.4 Å². The molecule has 12 nitrogen and oxygen atoms in total. The second kappa shape index (κ2) is 15.1. The van der Waals surface area contributed by atoms with E-state index in [0.717, 1.165) is 11.9 Å². The van der Waals surface area contributed by atoms with Crippen molar-refractivity contribution in [1.82, 2.24) is 24.8 Å². The van der Waals surface area contributed by atoms with Crippen molar-refractivity contribution in [2.75, 3.05) is 25.0 Å². The van der Waals surface area contributed by atoms with Gasteiger partial charge in [-0.2, -0.15) is 0 Å². The minimum absolute atomic E-state index is 0.185. The van der Waals surface area contributed by atoms with Crippen LogP contribution in [0.5, 0.6) is 0 Å². The SMILES string of the molecule is C#CCCN(CC(=O)Nc1cccc(-c2cnc(-c3cccc4[nH]c(CN(CCC)C(=O)OC(C)(C)C)nc34)o2)c1)C(=O)OC(C)(C)C. The molecule has 0 fully saturated rings. The summed E-state index contributed by atoms with van der Waals surface area (Å²) in [6.07, 6.45) is 7.04. The molecule has 2 aromatic heterocycles. The van der Waals surface area contributed by atoms with Crippen LogP contribution in [0, 0.1) is 12.3 Å². The van der Waals surface area contributed by atoms with Crippen LogP contribution in [0.2, 0.25) is 0 Å². The highest BCUT2D eigenvalue weighted by atomic mass is 16.6. The van der Waals surface area contributed by atoms with Gasteiger partial charge in [0.15, 0.2) is 5.76 Å². The highest BCUT2D eigenvalue weighted by Crippen LogP contribution is 2.31. The van der Waals surface area contributed by atoms with Crippen LogP contribution >= 0.6 is 0 Å². The van der Waals surface area contributed by atoms with E-state index in [1.54, 1.807) is 50.1 Å². The summed E-state index contributed by atoms with van der Waals surface area (Å²) in [4.78, 5) is 53.9. The van der Waals surface area contributed by atoms with Gasteiger partial charge in [-0.05, 0) is 72.2 Å². The number of hydrogen-bond donors (Lipinski definition) is 2. The van der Waals surface area contributed by atoms with Crippen LogP contribution in [0.4, 0.5) is 15.3 Å². The molecule has 0 spiro atoms. The topological polar surface area (TPSA) is 143 Å². The standard InChI is InChI=1S/C36H44N6O6/c1-9-11-19-42(34(45)48-36(6,7)8)23-30(43)38-25-15-12-14-24(20-25)28-21-37-32(46-28)26-16-13-17-27-31(26)40-29(39-27)22-41(18-10-2)33(44)47-35(3,4)5/h1,12-17,20-21H,10-11,18-19,22-23H2,2-8H3,(H,38,43)(H,39,40). The van der Waals surface area contributed by atoms with Crippen LogP contribution < -0.4 is 5.32 Å².